The molecule has 0 bridgehead atoms. The fourth-order valence-electron chi connectivity index (χ4n) is 0.987. The number of nitrogens with one attached hydrogen (secondary N) is 1. The van der Waals surface area contributed by atoms with Crippen molar-refractivity contribution in [2.24, 2.45) is 0 Å². The molecule has 0 aliphatic rings. The first-order valence-corrected chi connectivity index (χ1v) is 6.47. The maximum Gasteiger partial charge on any atom is 0.109 e. The maximum absolute atomic E-state index is 11.6. The molecule has 0 amide bonds. The molecule has 0 unspecified atom stereocenters. The van der Waals surface area contributed by atoms with E-state index in [2.05, 4.69) is 5.32 Å². The summed E-state index contributed by atoms with van der Waals surface area (Å²) in [6.45, 7) is 3.56. The van der Waals surface area contributed by atoms with Crippen molar-refractivity contribution in [2.45, 2.75) is 0 Å². The highest BCUT2D eigenvalue weighted by atomic mass is 31.2. The molecule has 0 saturated heterocycles. The molecule has 0 radical (unpaired) electrons. The average molecular weight is 183 g/mol. The summed E-state index contributed by atoms with van der Waals surface area (Å²) in [6, 6.07) is 7.70. The van der Waals surface area contributed by atoms with Crippen LogP contribution in [0.25, 0.3) is 0 Å². The molecular weight excluding hydrogens is 169 g/mol. The SMILES string of the molecule is CNc1ccc(P(C)(C)=O)cc1. The molecule has 2 nitrogen and oxygen atoms in total. The van der Waals surface area contributed by atoms with E-state index in [0.717, 1.165) is 11.0 Å². The van der Waals surface area contributed by atoms with Gasteiger partial charge in [-0.2, -0.15) is 0 Å². The van der Waals surface area contributed by atoms with E-state index in [9.17, 15) is 4.57 Å². The number of rotatable bonds is 2. The molecule has 0 aromatic heterocycles. The zero-order chi connectivity index (χ0) is 9.19. The van der Waals surface area contributed by atoms with Gasteiger partial charge in [0, 0.05) is 18.0 Å². The summed E-state index contributed by atoms with van der Waals surface area (Å²) in [6.07, 6.45) is 0. The van der Waals surface area contributed by atoms with Crippen LogP contribution in [0.3, 0.4) is 0 Å². The first-order chi connectivity index (χ1) is 5.54. The van der Waals surface area contributed by atoms with Crippen molar-refractivity contribution in [2.75, 3.05) is 25.7 Å². The van der Waals surface area contributed by atoms with E-state index in [1.54, 1.807) is 13.3 Å². The Morgan fingerprint density at radius 2 is 1.67 bits per heavy atom. The van der Waals surface area contributed by atoms with E-state index < -0.39 is 7.14 Å². The van der Waals surface area contributed by atoms with Crippen LogP contribution < -0.4 is 10.6 Å². The fraction of sp³-hybridized carbons (Fsp3) is 0.333. The van der Waals surface area contributed by atoms with Gasteiger partial charge in [-0.05, 0) is 37.6 Å². The first-order valence-electron chi connectivity index (χ1n) is 3.87. The smallest absolute Gasteiger partial charge is 0.109 e. The van der Waals surface area contributed by atoms with E-state index in [1.807, 2.05) is 31.3 Å². The summed E-state index contributed by atoms with van der Waals surface area (Å²) in [5.41, 5.74) is 1.05. The minimum absolute atomic E-state index is 0.932. The Balaban J connectivity index is 3.01. The van der Waals surface area contributed by atoms with Gasteiger partial charge in [-0.15, -0.1) is 0 Å². The second-order valence-corrected chi connectivity index (χ2v) is 6.37. The first kappa shape index (κ1) is 9.34. The Bertz CT molecular complexity index is 299. The lowest BCUT2D eigenvalue weighted by atomic mass is 10.3. The molecule has 0 aliphatic heterocycles. The summed E-state index contributed by atoms with van der Waals surface area (Å²) in [5, 5.41) is 3.95. The molecule has 1 N–H and O–H groups in total. The van der Waals surface area contributed by atoms with Crippen LogP contribution >= 0.6 is 7.14 Å². The minimum Gasteiger partial charge on any atom is -0.388 e. The molecule has 0 heterocycles. The quantitative estimate of drug-likeness (QED) is 0.710. The van der Waals surface area contributed by atoms with E-state index in [-0.39, 0.29) is 0 Å². The number of anilines is 1. The summed E-state index contributed by atoms with van der Waals surface area (Å²) < 4.78 is 11.6. The number of hydrogen-bond donors (Lipinski definition) is 1. The van der Waals surface area contributed by atoms with Crippen molar-refractivity contribution in [3.8, 4) is 0 Å². The molecule has 0 spiro atoms. The van der Waals surface area contributed by atoms with Crippen LogP contribution in [0.1, 0.15) is 0 Å². The average Bonchev–Trinajstić information content (AvgIpc) is 2.03. The number of hydrogen-bond acceptors (Lipinski definition) is 2. The van der Waals surface area contributed by atoms with Gasteiger partial charge in [0.15, 0.2) is 0 Å². The molecule has 0 saturated carbocycles. The summed E-state index contributed by atoms with van der Waals surface area (Å²) in [7, 11) is -0.209. The summed E-state index contributed by atoms with van der Waals surface area (Å²) >= 11 is 0. The number of benzene rings is 1. The zero-order valence-corrected chi connectivity index (χ0v) is 8.56. The van der Waals surface area contributed by atoms with Crippen molar-refractivity contribution in [1.82, 2.24) is 0 Å². The van der Waals surface area contributed by atoms with Crippen LogP contribution in [-0.2, 0) is 4.57 Å². The highest BCUT2D eigenvalue weighted by molar-refractivity contribution is 7.70. The molecule has 1 aromatic carbocycles. The van der Waals surface area contributed by atoms with Crippen molar-refractivity contribution < 1.29 is 4.57 Å². The predicted molar refractivity (Wildman–Crippen MR) is 55.1 cm³/mol. The van der Waals surface area contributed by atoms with Gasteiger partial charge in [0.05, 0.1) is 0 Å². The Morgan fingerprint density at radius 3 is 2.00 bits per heavy atom. The summed E-state index contributed by atoms with van der Waals surface area (Å²) in [5.74, 6) is 0. The van der Waals surface area contributed by atoms with Crippen molar-refractivity contribution >= 4 is 18.1 Å². The third-order valence-electron chi connectivity index (χ3n) is 1.78. The molecule has 0 aliphatic carbocycles. The van der Waals surface area contributed by atoms with Crippen molar-refractivity contribution in [3.63, 3.8) is 0 Å². The highest BCUT2D eigenvalue weighted by Gasteiger charge is 2.09. The maximum atomic E-state index is 11.6. The standard InChI is InChI=1S/C9H14NOP/c1-10-8-4-6-9(7-5-8)12(2,3)11/h4-7,10H,1-3H3. The van der Waals surface area contributed by atoms with Gasteiger partial charge >= 0.3 is 0 Å². The predicted octanol–water partition coefficient (Wildman–Crippen LogP) is 1.98. The molecule has 0 fully saturated rings. The topological polar surface area (TPSA) is 29.1 Å². The van der Waals surface area contributed by atoms with E-state index in [0.29, 0.717) is 0 Å². The van der Waals surface area contributed by atoms with Crippen LogP contribution in [0.5, 0.6) is 0 Å². The molecule has 12 heavy (non-hydrogen) atoms. The molecule has 3 heteroatoms. The van der Waals surface area contributed by atoms with Crippen molar-refractivity contribution in [1.29, 1.82) is 0 Å². The van der Waals surface area contributed by atoms with Gasteiger partial charge in [0.25, 0.3) is 0 Å². The van der Waals surface area contributed by atoms with Crippen LogP contribution in [0.15, 0.2) is 24.3 Å². The normalized spacial score (nSPS) is 11.2. The van der Waals surface area contributed by atoms with Gasteiger partial charge in [0.1, 0.15) is 7.14 Å². The highest BCUT2D eigenvalue weighted by Crippen LogP contribution is 2.34. The monoisotopic (exact) mass is 183 g/mol. The molecule has 0 atom stereocenters. The Labute approximate surface area is 73.4 Å². The van der Waals surface area contributed by atoms with Crippen molar-refractivity contribution in [3.05, 3.63) is 24.3 Å². The Hall–Kier alpha value is -0.750. The van der Waals surface area contributed by atoms with E-state index in [1.165, 1.54) is 0 Å². The largest absolute Gasteiger partial charge is 0.388 e. The van der Waals surface area contributed by atoms with E-state index in [4.69, 9.17) is 0 Å². The lowest BCUT2D eigenvalue weighted by Crippen LogP contribution is -2.02. The lowest BCUT2D eigenvalue weighted by molar-refractivity contribution is 0.588. The van der Waals surface area contributed by atoms with Crippen LogP contribution in [0, 0.1) is 0 Å². The Morgan fingerprint density at radius 1 is 1.17 bits per heavy atom. The van der Waals surface area contributed by atoms with Gasteiger partial charge in [-0.1, -0.05) is 0 Å². The second-order valence-electron chi connectivity index (χ2n) is 3.15. The third kappa shape index (κ3) is 2.12. The molecule has 1 aromatic rings. The van der Waals surface area contributed by atoms with Gasteiger partial charge in [0.2, 0.25) is 0 Å². The van der Waals surface area contributed by atoms with Crippen LogP contribution in [-0.4, -0.2) is 20.4 Å². The van der Waals surface area contributed by atoms with Gasteiger partial charge in [-0.3, -0.25) is 0 Å². The second kappa shape index (κ2) is 3.32. The lowest BCUT2D eigenvalue weighted by Gasteiger charge is -2.07. The van der Waals surface area contributed by atoms with Gasteiger partial charge < -0.3 is 9.88 Å². The molecule has 66 valence electrons. The third-order valence-corrected chi connectivity index (χ3v) is 3.32. The van der Waals surface area contributed by atoms with Gasteiger partial charge in [-0.25, -0.2) is 0 Å². The summed E-state index contributed by atoms with van der Waals surface area (Å²) in [4.78, 5) is 0. The van der Waals surface area contributed by atoms with Crippen LogP contribution in [0.2, 0.25) is 0 Å². The Kier molecular flexibility index (Phi) is 2.58. The fourth-order valence-corrected chi connectivity index (χ4v) is 1.85. The van der Waals surface area contributed by atoms with Crippen LogP contribution in [0.4, 0.5) is 5.69 Å². The molecular formula is C9H14NOP. The minimum atomic E-state index is -2.08. The van der Waals surface area contributed by atoms with E-state index >= 15 is 0 Å². The zero-order valence-electron chi connectivity index (χ0n) is 7.66. The molecule has 1 rings (SSSR count).